The van der Waals surface area contributed by atoms with Crippen molar-refractivity contribution in [2.45, 2.75) is 39.9 Å². The first-order chi connectivity index (χ1) is 19.5. The number of carbonyl (C=O) groups is 2. The highest BCUT2D eigenvalue weighted by Gasteiger charge is 2.38. The molecule has 11 heteroatoms. The molecule has 2 N–H and O–H groups in total. The molecule has 2 aromatic carbocycles. The molecule has 0 aliphatic heterocycles. The highest BCUT2D eigenvalue weighted by Crippen LogP contribution is 2.28. The molecule has 0 radical (unpaired) electrons. The number of hydrogen-bond donors (Lipinski definition) is 2. The van der Waals surface area contributed by atoms with Crippen LogP contribution in [0.2, 0.25) is 0 Å². The lowest BCUT2D eigenvalue weighted by Gasteiger charge is -2.13. The van der Waals surface area contributed by atoms with E-state index in [1.165, 1.54) is 0 Å². The Labute approximate surface area is 235 Å². The van der Waals surface area contributed by atoms with E-state index in [1.807, 2.05) is 92.1 Å². The molecule has 218 valence electrons. The minimum absolute atomic E-state index is 0.0974. The molecule has 0 unspecified atom stereocenters. The van der Waals surface area contributed by atoms with Gasteiger partial charge in [-0.05, 0) is 69.2 Å². The van der Waals surface area contributed by atoms with Crippen molar-refractivity contribution in [1.29, 1.82) is 0 Å². The number of carbonyl (C=O) groups excluding carboxylic acids is 1. The summed E-state index contributed by atoms with van der Waals surface area (Å²) in [4.78, 5) is 26.7. The second-order valence-electron chi connectivity index (χ2n) is 8.90. The van der Waals surface area contributed by atoms with Crippen molar-refractivity contribution in [3.05, 3.63) is 89.4 Å². The molecule has 1 amide bonds. The maximum Gasteiger partial charge on any atom is 0.490 e. The molecular weight excluding hydrogens is 539 g/mol. The van der Waals surface area contributed by atoms with Crippen molar-refractivity contribution in [3.63, 3.8) is 0 Å². The van der Waals surface area contributed by atoms with Crippen molar-refractivity contribution >= 4 is 22.8 Å². The number of nitrogens with zero attached hydrogens (tertiary/aromatic N) is 2. The van der Waals surface area contributed by atoms with Crippen LogP contribution in [0.4, 0.5) is 13.2 Å². The fourth-order valence-electron chi connectivity index (χ4n) is 4.08. The molecule has 0 fully saturated rings. The number of benzene rings is 2. The lowest BCUT2D eigenvalue weighted by Crippen LogP contribution is -2.28. The Morgan fingerprint density at radius 3 is 2.29 bits per heavy atom. The predicted octanol–water partition coefficient (Wildman–Crippen LogP) is 5.80. The summed E-state index contributed by atoms with van der Waals surface area (Å²) in [5.41, 5.74) is 4.61. The first-order valence-electron chi connectivity index (χ1n) is 13.0. The fraction of sp³-hybridized carbons (Fsp3) is 0.300. The van der Waals surface area contributed by atoms with E-state index < -0.39 is 12.1 Å². The van der Waals surface area contributed by atoms with Crippen LogP contribution in [0.5, 0.6) is 11.5 Å². The monoisotopic (exact) mass is 571 g/mol. The SMILES string of the molecule is CCOc1ccc(CCNC(=O)c2cc3ccccc3n2Cc2cccc(C)n2)cc1OCC.O=C(O)C(F)(F)F. The summed E-state index contributed by atoms with van der Waals surface area (Å²) in [6, 6.07) is 21.9. The van der Waals surface area contributed by atoms with Crippen LogP contribution in [0.25, 0.3) is 10.9 Å². The van der Waals surface area contributed by atoms with Gasteiger partial charge < -0.3 is 24.5 Å². The topological polar surface area (TPSA) is 103 Å². The van der Waals surface area contributed by atoms with Gasteiger partial charge in [0.05, 0.1) is 25.5 Å². The molecule has 0 atom stereocenters. The van der Waals surface area contributed by atoms with E-state index in [-0.39, 0.29) is 5.91 Å². The van der Waals surface area contributed by atoms with Crippen molar-refractivity contribution in [2.24, 2.45) is 0 Å². The van der Waals surface area contributed by atoms with Gasteiger partial charge in [-0.1, -0.05) is 30.3 Å². The standard InChI is InChI=1S/C28H31N3O3.C2HF3O2/c1-4-33-26-14-13-21(17-27(26)34-5-2)15-16-29-28(32)25-18-22-10-6-7-12-24(22)31(25)19-23-11-8-9-20(3)30-23;3-2(4,5)1(6)7/h6-14,17-18H,4-5,15-16,19H2,1-3H3,(H,29,32);(H,6,7). The van der Waals surface area contributed by atoms with E-state index in [4.69, 9.17) is 19.4 Å². The number of amides is 1. The number of aromatic nitrogens is 2. The Hall–Kier alpha value is -4.54. The molecule has 4 aromatic rings. The smallest absolute Gasteiger partial charge is 0.490 e. The third-order valence-electron chi connectivity index (χ3n) is 5.86. The maximum absolute atomic E-state index is 13.2. The first kappa shape index (κ1) is 31.0. The largest absolute Gasteiger partial charge is 0.490 e. The zero-order chi connectivity index (χ0) is 30.0. The van der Waals surface area contributed by atoms with Crippen molar-refractivity contribution < 1.29 is 37.3 Å². The molecule has 0 spiro atoms. The Bertz CT molecular complexity index is 1480. The number of rotatable bonds is 10. The van der Waals surface area contributed by atoms with Crippen molar-refractivity contribution in [1.82, 2.24) is 14.9 Å². The van der Waals surface area contributed by atoms with Crippen LogP contribution < -0.4 is 14.8 Å². The number of para-hydroxylation sites is 1. The third kappa shape index (κ3) is 8.72. The van der Waals surface area contributed by atoms with Crippen LogP contribution in [-0.2, 0) is 17.8 Å². The van der Waals surface area contributed by atoms with E-state index in [9.17, 15) is 18.0 Å². The molecule has 0 saturated heterocycles. The van der Waals surface area contributed by atoms with Crippen molar-refractivity contribution in [2.75, 3.05) is 19.8 Å². The Morgan fingerprint density at radius 1 is 0.951 bits per heavy atom. The summed E-state index contributed by atoms with van der Waals surface area (Å²) < 4.78 is 45.1. The number of fused-ring (bicyclic) bond motifs is 1. The van der Waals surface area contributed by atoms with Gasteiger partial charge in [-0.15, -0.1) is 0 Å². The number of pyridine rings is 1. The third-order valence-corrected chi connectivity index (χ3v) is 5.86. The molecule has 2 aromatic heterocycles. The molecule has 0 saturated carbocycles. The van der Waals surface area contributed by atoms with E-state index >= 15 is 0 Å². The lowest BCUT2D eigenvalue weighted by atomic mass is 10.1. The van der Waals surface area contributed by atoms with Crippen LogP contribution in [0.15, 0.2) is 66.7 Å². The van der Waals surface area contributed by atoms with Gasteiger partial charge in [-0.2, -0.15) is 13.2 Å². The number of aliphatic carboxylic acids is 1. The zero-order valence-electron chi connectivity index (χ0n) is 23.0. The van der Waals surface area contributed by atoms with Crippen LogP contribution >= 0.6 is 0 Å². The van der Waals surface area contributed by atoms with E-state index in [0.29, 0.717) is 38.4 Å². The Morgan fingerprint density at radius 2 is 1.63 bits per heavy atom. The molecule has 0 aliphatic carbocycles. The minimum Gasteiger partial charge on any atom is -0.490 e. The Kier molecular flexibility index (Phi) is 10.7. The van der Waals surface area contributed by atoms with Gasteiger partial charge in [0.1, 0.15) is 5.69 Å². The number of alkyl halides is 3. The molecule has 41 heavy (non-hydrogen) atoms. The normalized spacial score (nSPS) is 11.0. The van der Waals surface area contributed by atoms with Gasteiger partial charge in [0.25, 0.3) is 5.91 Å². The number of hydrogen-bond acceptors (Lipinski definition) is 5. The highest BCUT2D eigenvalue weighted by atomic mass is 19.4. The van der Waals surface area contributed by atoms with E-state index in [0.717, 1.165) is 39.4 Å². The van der Waals surface area contributed by atoms with E-state index in [1.54, 1.807) is 0 Å². The number of nitrogens with one attached hydrogen (secondary N) is 1. The second-order valence-corrected chi connectivity index (χ2v) is 8.90. The molecule has 2 heterocycles. The summed E-state index contributed by atoms with van der Waals surface area (Å²) in [6.07, 6.45) is -4.39. The highest BCUT2D eigenvalue weighted by molar-refractivity contribution is 5.98. The van der Waals surface area contributed by atoms with Gasteiger partial charge in [0.15, 0.2) is 11.5 Å². The number of aryl methyl sites for hydroxylation is 1. The molecular formula is C30H32F3N3O5. The minimum atomic E-state index is -5.08. The summed E-state index contributed by atoms with van der Waals surface area (Å²) in [5, 5.41) is 11.2. The molecule has 0 bridgehead atoms. The van der Waals surface area contributed by atoms with Crippen LogP contribution in [0.3, 0.4) is 0 Å². The maximum atomic E-state index is 13.2. The fourth-order valence-corrected chi connectivity index (χ4v) is 4.08. The summed E-state index contributed by atoms with van der Waals surface area (Å²) in [7, 11) is 0. The average molecular weight is 572 g/mol. The summed E-state index contributed by atoms with van der Waals surface area (Å²) in [5.74, 6) is -1.38. The number of carboxylic acids is 1. The number of halogens is 3. The zero-order valence-corrected chi connectivity index (χ0v) is 23.0. The van der Waals surface area contributed by atoms with Gasteiger partial charge in [0.2, 0.25) is 0 Å². The molecule has 4 rings (SSSR count). The molecule has 0 aliphatic rings. The number of carboxylic acid groups (broad SMARTS) is 1. The summed E-state index contributed by atoms with van der Waals surface area (Å²) >= 11 is 0. The van der Waals surface area contributed by atoms with Crippen LogP contribution in [-0.4, -0.2) is 52.5 Å². The molecule has 8 nitrogen and oxygen atoms in total. The van der Waals surface area contributed by atoms with Crippen LogP contribution in [0, 0.1) is 6.92 Å². The lowest BCUT2D eigenvalue weighted by molar-refractivity contribution is -0.192. The van der Waals surface area contributed by atoms with Gasteiger partial charge in [-0.3, -0.25) is 9.78 Å². The van der Waals surface area contributed by atoms with Crippen LogP contribution in [0.1, 0.15) is 41.3 Å². The van der Waals surface area contributed by atoms with Gasteiger partial charge >= 0.3 is 12.1 Å². The second kappa shape index (κ2) is 14.2. The predicted molar refractivity (Wildman–Crippen MR) is 149 cm³/mol. The van der Waals surface area contributed by atoms with Crippen molar-refractivity contribution in [3.8, 4) is 11.5 Å². The van der Waals surface area contributed by atoms with Gasteiger partial charge in [0, 0.05) is 23.1 Å². The number of ether oxygens (including phenoxy) is 2. The Balaban J connectivity index is 0.000000587. The average Bonchev–Trinajstić information content (AvgIpc) is 3.28. The quantitative estimate of drug-likeness (QED) is 0.250. The summed E-state index contributed by atoms with van der Waals surface area (Å²) in [6.45, 7) is 8.09. The van der Waals surface area contributed by atoms with Gasteiger partial charge in [-0.25, -0.2) is 4.79 Å². The first-order valence-corrected chi connectivity index (χ1v) is 13.0. The van der Waals surface area contributed by atoms with E-state index in [2.05, 4.69) is 10.3 Å².